The SMILES string of the molecule is CCOc1cc(C(C#N)N2CCN(CC)CC2)cc(Cl)c1O. The molecule has 1 fully saturated rings. The van der Waals surface area contributed by atoms with Crippen LogP contribution in [0.3, 0.4) is 0 Å². The van der Waals surface area contributed by atoms with Crippen LogP contribution in [-0.4, -0.2) is 54.2 Å². The van der Waals surface area contributed by atoms with Gasteiger partial charge in [-0.2, -0.15) is 5.26 Å². The number of rotatable bonds is 5. The third-order valence-corrected chi connectivity index (χ3v) is 4.30. The molecule has 120 valence electrons. The molecule has 0 amide bonds. The predicted molar refractivity (Wildman–Crippen MR) is 86.3 cm³/mol. The van der Waals surface area contributed by atoms with Crippen molar-refractivity contribution in [2.75, 3.05) is 39.3 Å². The van der Waals surface area contributed by atoms with Crippen LogP contribution in [0.5, 0.6) is 11.5 Å². The summed E-state index contributed by atoms with van der Waals surface area (Å²) >= 11 is 6.07. The molecule has 1 atom stereocenters. The van der Waals surface area contributed by atoms with Crippen LogP contribution < -0.4 is 4.74 Å². The highest BCUT2D eigenvalue weighted by molar-refractivity contribution is 6.32. The lowest BCUT2D eigenvalue weighted by Crippen LogP contribution is -2.47. The summed E-state index contributed by atoms with van der Waals surface area (Å²) in [4.78, 5) is 4.50. The van der Waals surface area contributed by atoms with Crippen molar-refractivity contribution in [2.45, 2.75) is 19.9 Å². The Morgan fingerprint density at radius 3 is 2.55 bits per heavy atom. The molecule has 1 unspecified atom stereocenters. The summed E-state index contributed by atoms with van der Waals surface area (Å²) in [5.41, 5.74) is 0.763. The zero-order chi connectivity index (χ0) is 16.1. The molecule has 0 bridgehead atoms. The van der Waals surface area contributed by atoms with Crippen molar-refractivity contribution >= 4 is 11.6 Å². The molecule has 1 saturated heterocycles. The summed E-state index contributed by atoms with van der Waals surface area (Å²) in [5.74, 6) is 0.261. The van der Waals surface area contributed by atoms with Gasteiger partial charge in [0.05, 0.1) is 17.7 Å². The fraction of sp³-hybridized carbons (Fsp3) is 0.562. The number of hydrogen-bond donors (Lipinski definition) is 1. The first-order valence-electron chi connectivity index (χ1n) is 7.61. The summed E-state index contributed by atoms with van der Waals surface area (Å²) < 4.78 is 5.40. The Labute approximate surface area is 136 Å². The van der Waals surface area contributed by atoms with Crippen LogP contribution in [0.4, 0.5) is 0 Å². The van der Waals surface area contributed by atoms with Gasteiger partial charge in [-0.25, -0.2) is 0 Å². The maximum atomic E-state index is 9.92. The lowest BCUT2D eigenvalue weighted by Gasteiger charge is -2.36. The normalized spacial score (nSPS) is 17.9. The molecule has 6 heteroatoms. The molecule has 0 aliphatic carbocycles. The number of ether oxygens (including phenoxy) is 1. The first-order valence-corrected chi connectivity index (χ1v) is 7.99. The Morgan fingerprint density at radius 1 is 1.32 bits per heavy atom. The topological polar surface area (TPSA) is 59.7 Å². The molecule has 0 spiro atoms. The maximum Gasteiger partial charge on any atom is 0.176 e. The highest BCUT2D eigenvalue weighted by atomic mass is 35.5. The van der Waals surface area contributed by atoms with Gasteiger partial charge < -0.3 is 14.7 Å². The molecular weight excluding hydrogens is 302 g/mol. The summed E-state index contributed by atoms with van der Waals surface area (Å²) in [5, 5.41) is 19.7. The van der Waals surface area contributed by atoms with E-state index in [1.807, 2.05) is 6.92 Å². The number of hydrogen-bond acceptors (Lipinski definition) is 5. The van der Waals surface area contributed by atoms with E-state index < -0.39 is 0 Å². The molecule has 1 aromatic rings. The summed E-state index contributed by atoms with van der Waals surface area (Å²) in [7, 11) is 0. The zero-order valence-corrected chi connectivity index (χ0v) is 13.8. The van der Waals surface area contributed by atoms with Gasteiger partial charge in [-0.1, -0.05) is 18.5 Å². The standard InChI is InChI=1S/C16H22ClN3O2/c1-3-19-5-7-20(8-6-19)14(11-18)12-9-13(17)16(21)15(10-12)22-4-2/h9-10,14,21H,3-8H2,1-2H3. The summed E-state index contributed by atoms with van der Waals surface area (Å²) in [6, 6.07) is 5.34. The van der Waals surface area contributed by atoms with E-state index in [1.165, 1.54) is 0 Å². The predicted octanol–water partition coefficient (Wildman–Crippen LogP) is 2.65. The Kier molecular flexibility index (Phi) is 5.90. The number of nitriles is 1. The van der Waals surface area contributed by atoms with Crippen LogP contribution in [0.1, 0.15) is 25.5 Å². The second-order valence-corrected chi connectivity index (χ2v) is 5.69. The number of nitrogens with zero attached hydrogens (tertiary/aromatic N) is 3. The zero-order valence-electron chi connectivity index (χ0n) is 13.0. The number of aromatic hydroxyl groups is 1. The van der Waals surface area contributed by atoms with Crippen LogP contribution in [-0.2, 0) is 0 Å². The summed E-state index contributed by atoms with van der Waals surface area (Å²) in [6.45, 7) is 9.04. The molecule has 5 nitrogen and oxygen atoms in total. The Hall–Kier alpha value is -1.48. The first-order chi connectivity index (χ1) is 10.6. The van der Waals surface area contributed by atoms with Crippen LogP contribution in [0, 0.1) is 11.3 Å². The average Bonchev–Trinajstić information content (AvgIpc) is 2.53. The lowest BCUT2D eigenvalue weighted by molar-refractivity contribution is 0.118. The van der Waals surface area contributed by atoms with E-state index in [0.717, 1.165) is 38.3 Å². The van der Waals surface area contributed by atoms with Crippen LogP contribution in [0.2, 0.25) is 5.02 Å². The van der Waals surface area contributed by atoms with E-state index in [0.29, 0.717) is 12.4 Å². The van der Waals surface area contributed by atoms with Gasteiger partial charge in [-0.3, -0.25) is 4.90 Å². The molecule has 0 saturated carbocycles. The Bertz CT molecular complexity index is 551. The molecule has 2 rings (SSSR count). The van der Waals surface area contributed by atoms with Gasteiger partial charge in [-0.05, 0) is 31.2 Å². The number of phenolic OH excluding ortho intramolecular Hbond substituents is 1. The molecule has 0 radical (unpaired) electrons. The quantitative estimate of drug-likeness (QED) is 0.902. The van der Waals surface area contributed by atoms with Gasteiger partial charge in [-0.15, -0.1) is 0 Å². The second kappa shape index (κ2) is 7.68. The highest BCUT2D eigenvalue weighted by Crippen LogP contribution is 2.38. The third-order valence-electron chi connectivity index (χ3n) is 4.01. The fourth-order valence-electron chi connectivity index (χ4n) is 2.72. The van der Waals surface area contributed by atoms with E-state index in [4.69, 9.17) is 16.3 Å². The minimum absolute atomic E-state index is 0.0697. The van der Waals surface area contributed by atoms with Gasteiger partial charge in [0.2, 0.25) is 0 Å². The monoisotopic (exact) mass is 323 g/mol. The molecule has 22 heavy (non-hydrogen) atoms. The van der Waals surface area contributed by atoms with Gasteiger partial charge >= 0.3 is 0 Å². The van der Waals surface area contributed by atoms with E-state index >= 15 is 0 Å². The van der Waals surface area contributed by atoms with E-state index in [1.54, 1.807) is 12.1 Å². The number of benzene rings is 1. The molecule has 0 aromatic heterocycles. The molecule has 1 aromatic carbocycles. The van der Waals surface area contributed by atoms with Crippen molar-refractivity contribution in [3.8, 4) is 17.6 Å². The van der Waals surface area contributed by atoms with Crippen molar-refractivity contribution < 1.29 is 9.84 Å². The third kappa shape index (κ3) is 3.64. The lowest BCUT2D eigenvalue weighted by atomic mass is 10.0. The van der Waals surface area contributed by atoms with Crippen LogP contribution >= 0.6 is 11.6 Å². The first kappa shape index (κ1) is 16.9. The van der Waals surface area contributed by atoms with Crippen molar-refractivity contribution in [2.24, 2.45) is 0 Å². The van der Waals surface area contributed by atoms with Gasteiger partial charge in [0.25, 0.3) is 0 Å². The van der Waals surface area contributed by atoms with E-state index in [9.17, 15) is 10.4 Å². The highest BCUT2D eigenvalue weighted by Gasteiger charge is 2.26. The smallest absolute Gasteiger partial charge is 0.176 e. The number of phenols is 1. The van der Waals surface area contributed by atoms with Crippen molar-refractivity contribution in [3.63, 3.8) is 0 Å². The molecule has 1 heterocycles. The largest absolute Gasteiger partial charge is 0.503 e. The molecule has 1 N–H and O–H groups in total. The number of piperazine rings is 1. The van der Waals surface area contributed by atoms with Crippen LogP contribution in [0.25, 0.3) is 0 Å². The average molecular weight is 324 g/mol. The minimum atomic E-state index is -0.378. The van der Waals surface area contributed by atoms with E-state index in [-0.39, 0.29) is 16.8 Å². The number of likely N-dealkylation sites (N-methyl/N-ethyl adjacent to an activating group) is 1. The molecule has 1 aliphatic heterocycles. The summed E-state index contributed by atoms with van der Waals surface area (Å²) in [6.07, 6.45) is 0. The second-order valence-electron chi connectivity index (χ2n) is 5.28. The minimum Gasteiger partial charge on any atom is -0.503 e. The Morgan fingerprint density at radius 2 is 2.00 bits per heavy atom. The van der Waals surface area contributed by atoms with Crippen molar-refractivity contribution in [1.82, 2.24) is 9.80 Å². The van der Waals surface area contributed by atoms with Gasteiger partial charge in [0.15, 0.2) is 11.5 Å². The molecular formula is C16H22ClN3O2. The van der Waals surface area contributed by atoms with Gasteiger partial charge in [0, 0.05) is 26.2 Å². The van der Waals surface area contributed by atoms with E-state index in [2.05, 4.69) is 22.8 Å². The van der Waals surface area contributed by atoms with Crippen molar-refractivity contribution in [3.05, 3.63) is 22.7 Å². The van der Waals surface area contributed by atoms with Crippen LogP contribution in [0.15, 0.2) is 12.1 Å². The molecule has 1 aliphatic rings. The van der Waals surface area contributed by atoms with Gasteiger partial charge in [0.1, 0.15) is 6.04 Å². The number of halogens is 1. The fourth-order valence-corrected chi connectivity index (χ4v) is 2.94. The maximum absolute atomic E-state index is 9.92. The Balaban J connectivity index is 2.23. The van der Waals surface area contributed by atoms with Crippen molar-refractivity contribution in [1.29, 1.82) is 5.26 Å².